The maximum Gasteiger partial charge on any atom is 0.170 e. The van der Waals surface area contributed by atoms with E-state index in [2.05, 4.69) is 20.8 Å². The van der Waals surface area contributed by atoms with Gasteiger partial charge in [-0.15, -0.1) is 0 Å². The first-order chi connectivity index (χ1) is 7.85. The molecule has 0 saturated heterocycles. The summed E-state index contributed by atoms with van der Waals surface area (Å²) in [7, 11) is 0. The number of rotatable bonds is 3. The van der Waals surface area contributed by atoms with Gasteiger partial charge in [0.05, 0.1) is 0 Å². The Morgan fingerprint density at radius 1 is 1.56 bits per heavy atom. The molecule has 2 N–H and O–H groups in total. The second-order valence-electron chi connectivity index (χ2n) is 4.05. The van der Waals surface area contributed by atoms with E-state index in [-0.39, 0.29) is 0 Å². The van der Waals surface area contributed by atoms with Crippen LogP contribution in [0.5, 0.6) is 0 Å². The van der Waals surface area contributed by atoms with Crippen LogP contribution in [-0.4, -0.2) is 20.8 Å². The van der Waals surface area contributed by atoms with Crippen molar-refractivity contribution < 1.29 is 0 Å². The predicted molar refractivity (Wildman–Crippen MR) is 65.5 cm³/mol. The van der Waals surface area contributed by atoms with Crippen LogP contribution in [0.4, 0.5) is 0 Å². The summed E-state index contributed by atoms with van der Waals surface area (Å²) in [4.78, 5) is 9.10. The lowest BCUT2D eigenvalue weighted by atomic mass is 10.2. The average Bonchev–Trinajstić information content (AvgIpc) is 3.08. The second-order valence-corrected chi connectivity index (χ2v) is 4.82. The number of hydrogen-bond donors (Lipinski definition) is 1. The minimum absolute atomic E-state index is 0.522. The fourth-order valence-corrected chi connectivity index (χ4v) is 2.61. The molecule has 0 radical (unpaired) electrons. The van der Waals surface area contributed by atoms with Crippen molar-refractivity contribution in [1.29, 1.82) is 0 Å². The van der Waals surface area contributed by atoms with Gasteiger partial charge in [-0.25, -0.2) is 9.97 Å². The molecule has 1 saturated carbocycles. The number of pyridine rings is 1. The smallest absolute Gasteiger partial charge is 0.170 e. The molecule has 0 atom stereocenters. The SMILES string of the molecule is CSc1nc2c(CN)ccnc2n1C1CC1. The number of nitrogens with two attached hydrogens (primary N) is 1. The van der Waals surface area contributed by atoms with Crippen molar-refractivity contribution >= 4 is 22.9 Å². The molecule has 1 fully saturated rings. The molecule has 0 amide bonds. The maximum absolute atomic E-state index is 5.72. The molecule has 2 heterocycles. The lowest BCUT2D eigenvalue weighted by Crippen LogP contribution is -1.99. The first kappa shape index (κ1) is 10.1. The van der Waals surface area contributed by atoms with E-state index in [1.807, 2.05) is 12.3 Å². The Bertz CT molecular complexity index is 530. The largest absolute Gasteiger partial charge is 0.326 e. The van der Waals surface area contributed by atoms with Crippen LogP contribution in [0.25, 0.3) is 11.2 Å². The lowest BCUT2D eigenvalue weighted by Gasteiger charge is -2.03. The van der Waals surface area contributed by atoms with Crippen LogP contribution in [-0.2, 0) is 6.54 Å². The van der Waals surface area contributed by atoms with Crippen LogP contribution in [0.1, 0.15) is 24.4 Å². The molecular formula is C11H14N4S. The zero-order valence-electron chi connectivity index (χ0n) is 9.18. The summed E-state index contributed by atoms with van der Waals surface area (Å²) in [6, 6.07) is 2.56. The quantitative estimate of drug-likeness (QED) is 0.825. The van der Waals surface area contributed by atoms with Crippen molar-refractivity contribution in [2.45, 2.75) is 30.6 Å². The first-order valence-corrected chi connectivity index (χ1v) is 6.67. The van der Waals surface area contributed by atoms with E-state index in [1.165, 1.54) is 12.8 Å². The molecule has 1 aliphatic carbocycles. The summed E-state index contributed by atoms with van der Waals surface area (Å²) in [5, 5.41) is 1.06. The van der Waals surface area contributed by atoms with E-state index in [9.17, 15) is 0 Å². The van der Waals surface area contributed by atoms with E-state index < -0.39 is 0 Å². The molecule has 5 heteroatoms. The van der Waals surface area contributed by atoms with E-state index in [0.717, 1.165) is 21.9 Å². The number of aromatic nitrogens is 3. The van der Waals surface area contributed by atoms with Gasteiger partial charge in [0.1, 0.15) is 5.52 Å². The summed E-state index contributed by atoms with van der Waals surface area (Å²) >= 11 is 1.68. The van der Waals surface area contributed by atoms with Gasteiger partial charge in [-0.1, -0.05) is 11.8 Å². The molecule has 4 nitrogen and oxygen atoms in total. The number of imidazole rings is 1. The zero-order chi connectivity index (χ0) is 11.1. The molecule has 0 aromatic carbocycles. The Hall–Kier alpha value is -1.07. The Balaban J connectivity index is 2.29. The van der Waals surface area contributed by atoms with E-state index in [1.54, 1.807) is 11.8 Å². The van der Waals surface area contributed by atoms with Crippen molar-refractivity contribution in [3.8, 4) is 0 Å². The molecule has 0 unspecified atom stereocenters. The lowest BCUT2D eigenvalue weighted by molar-refractivity contribution is 0.679. The highest BCUT2D eigenvalue weighted by molar-refractivity contribution is 7.98. The third-order valence-electron chi connectivity index (χ3n) is 2.94. The summed E-state index contributed by atoms with van der Waals surface area (Å²) in [5.74, 6) is 0. The molecule has 84 valence electrons. The van der Waals surface area contributed by atoms with Gasteiger partial charge in [0.2, 0.25) is 0 Å². The highest BCUT2D eigenvalue weighted by Crippen LogP contribution is 2.40. The number of hydrogen-bond acceptors (Lipinski definition) is 4. The van der Waals surface area contributed by atoms with Gasteiger partial charge in [0, 0.05) is 18.8 Å². The number of nitrogens with zero attached hydrogens (tertiary/aromatic N) is 3. The highest BCUT2D eigenvalue weighted by atomic mass is 32.2. The summed E-state index contributed by atoms with van der Waals surface area (Å²) in [5.41, 5.74) is 8.78. The van der Waals surface area contributed by atoms with Gasteiger partial charge in [-0.05, 0) is 30.7 Å². The topological polar surface area (TPSA) is 56.7 Å². The average molecular weight is 234 g/mol. The molecule has 2 aromatic heterocycles. The summed E-state index contributed by atoms with van der Waals surface area (Å²) in [6.07, 6.45) is 6.37. The van der Waals surface area contributed by atoms with Crippen molar-refractivity contribution in [3.63, 3.8) is 0 Å². The van der Waals surface area contributed by atoms with Gasteiger partial charge in [-0.3, -0.25) is 0 Å². The molecule has 1 aliphatic rings. The van der Waals surface area contributed by atoms with Crippen LogP contribution in [0, 0.1) is 0 Å². The van der Waals surface area contributed by atoms with Gasteiger partial charge in [0.15, 0.2) is 10.8 Å². The Morgan fingerprint density at radius 2 is 2.38 bits per heavy atom. The Labute approximate surface area is 98.3 Å². The van der Waals surface area contributed by atoms with Crippen LogP contribution in [0.2, 0.25) is 0 Å². The van der Waals surface area contributed by atoms with Crippen molar-refractivity contribution in [1.82, 2.24) is 14.5 Å². The van der Waals surface area contributed by atoms with Gasteiger partial charge >= 0.3 is 0 Å². The minimum atomic E-state index is 0.522. The van der Waals surface area contributed by atoms with Crippen molar-refractivity contribution in [3.05, 3.63) is 17.8 Å². The molecule has 0 spiro atoms. The Kier molecular flexibility index (Phi) is 2.37. The van der Waals surface area contributed by atoms with Crippen molar-refractivity contribution in [2.75, 3.05) is 6.26 Å². The maximum atomic E-state index is 5.72. The third kappa shape index (κ3) is 1.43. The second kappa shape index (κ2) is 3.75. The third-order valence-corrected chi connectivity index (χ3v) is 3.60. The Morgan fingerprint density at radius 3 is 3.00 bits per heavy atom. The summed E-state index contributed by atoms with van der Waals surface area (Å²) < 4.78 is 2.26. The predicted octanol–water partition coefficient (Wildman–Crippen LogP) is 1.95. The fraction of sp³-hybridized carbons (Fsp3) is 0.455. The molecule has 3 rings (SSSR count). The van der Waals surface area contributed by atoms with Gasteiger partial charge in [-0.2, -0.15) is 0 Å². The highest BCUT2D eigenvalue weighted by Gasteiger charge is 2.29. The van der Waals surface area contributed by atoms with Crippen LogP contribution < -0.4 is 5.73 Å². The molecule has 2 aromatic rings. The van der Waals surface area contributed by atoms with E-state index in [4.69, 9.17) is 5.73 Å². The molecular weight excluding hydrogens is 220 g/mol. The summed E-state index contributed by atoms with van der Waals surface area (Å²) in [6.45, 7) is 0.522. The number of thioether (sulfide) groups is 1. The van der Waals surface area contributed by atoms with Crippen LogP contribution >= 0.6 is 11.8 Å². The van der Waals surface area contributed by atoms with E-state index >= 15 is 0 Å². The minimum Gasteiger partial charge on any atom is -0.326 e. The standard InChI is InChI=1S/C11H14N4S/c1-16-11-14-9-7(6-12)4-5-13-10(9)15(11)8-2-3-8/h4-5,8H,2-3,6,12H2,1H3. The number of fused-ring (bicyclic) bond motifs is 1. The first-order valence-electron chi connectivity index (χ1n) is 5.45. The van der Waals surface area contributed by atoms with Crippen LogP contribution in [0.3, 0.4) is 0 Å². The van der Waals surface area contributed by atoms with Gasteiger partial charge < -0.3 is 10.3 Å². The molecule has 0 aliphatic heterocycles. The van der Waals surface area contributed by atoms with Gasteiger partial charge in [0.25, 0.3) is 0 Å². The van der Waals surface area contributed by atoms with E-state index in [0.29, 0.717) is 12.6 Å². The molecule has 0 bridgehead atoms. The normalized spacial score (nSPS) is 15.9. The van der Waals surface area contributed by atoms with Crippen molar-refractivity contribution in [2.24, 2.45) is 5.73 Å². The molecule has 16 heavy (non-hydrogen) atoms. The zero-order valence-corrected chi connectivity index (χ0v) is 10.00. The fourth-order valence-electron chi connectivity index (χ4n) is 1.99. The van der Waals surface area contributed by atoms with Crippen LogP contribution in [0.15, 0.2) is 17.4 Å². The monoisotopic (exact) mass is 234 g/mol.